The van der Waals surface area contributed by atoms with Crippen LogP contribution in [0, 0.1) is 0 Å². The number of ether oxygens (including phenoxy) is 4. The number of carboxylic acid groups (broad SMARTS) is 1. The van der Waals surface area contributed by atoms with Gasteiger partial charge in [-0.25, -0.2) is 4.79 Å². The van der Waals surface area contributed by atoms with E-state index in [9.17, 15) is 19.5 Å². The second kappa shape index (κ2) is 52.5. The van der Waals surface area contributed by atoms with Crippen LogP contribution < -0.4 is 0 Å². The first kappa shape index (κ1) is 67.2. The number of likely N-dealkylation sites (N-methyl/N-ethyl adjacent to an activating group) is 1. The van der Waals surface area contributed by atoms with E-state index in [1.165, 1.54) is 96.3 Å². The van der Waals surface area contributed by atoms with Gasteiger partial charge in [0.2, 0.25) is 0 Å². The molecule has 9 heteroatoms. The number of hydrogen-bond donors (Lipinski definition) is 1. The number of esters is 2. The number of quaternary nitrogens is 1. The van der Waals surface area contributed by atoms with Crippen LogP contribution in [0.4, 0.5) is 0 Å². The molecule has 0 aromatic heterocycles. The Bertz CT molecular complexity index is 1480. The molecule has 0 spiro atoms. The van der Waals surface area contributed by atoms with Crippen molar-refractivity contribution < 1.29 is 42.9 Å². The summed E-state index contributed by atoms with van der Waals surface area (Å²) in [5, 5.41) is 9.66. The summed E-state index contributed by atoms with van der Waals surface area (Å²) in [5.74, 6) is -2.01. The second-order valence-corrected chi connectivity index (χ2v) is 19.9. The third-order valence-electron chi connectivity index (χ3n) is 11.9. The van der Waals surface area contributed by atoms with Gasteiger partial charge in [-0.05, 0) is 77.0 Å². The van der Waals surface area contributed by atoms with Crippen LogP contribution >= 0.6 is 0 Å². The first-order chi connectivity index (χ1) is 34.6. The zero-order valence-electron chi connectivity index (χ0n) is 46.1. The molecule has 2 atom stereocenters. The fraction of sp³-hybridized carbons (Fsp3) is 0.694. The van der Waals surface area contributed by atoms with Crippen LogP contribution in [-0.4, -0.2) is 87.4 Å². The lowest BCUT2D eigenvalue weighted by molar-refractivity contribution is -0.870. The highest BCUT2D eigenvalue weighted by Gasteiger charge is 2.25. The fourth-order valence-electron chi connectivity index (χ4n) is 7.50. The van der Waals surface area contributed by atoms with Crippen LogP contribution in [0.5, 0.6) is 0 Å². The van der Waals surface area contributed by atoms with Gasteiger partial charge in [0.1, 0.15) is 13.2 Å². The predicted octanol–water partition coefficient (Wildman–Crippen LogP) is 16.6. The molecule has 0 amide bonds. The largest absolute Gasteiger partial charge is 0.477 e. The van der Waals surface area contributed by atoms with Crippen LogP contribution in [-0.2, 0) is 33.3 Å². The van der Waals surface area contributed by atoms with Gasteiger partial charge in [-0.1, -0.05) is 227 Å². The van der Waals surface area contributed by atoms with Crippen LogP contribution in [0.25, 0.3) is 0 Å². The maximum atomic E-state index is 12.8. The molecule has 2 unspecified atom stereocenters. The Balaban J connectivity index is 4.07. The number of hydrogen-bond acceptors (Lipinski definition) is 7. The lowest BCUT2D eigenvalue weighted by atomic mass is 10.0. The van der Waals surface area contributed by atoms with Gasteiger partial charge in [-0.2, -0.15) is 0 Å². The van der Waals surface area contributed by atoms with Crippen molar-refractivity contribution in [3.05, 3.63) is 97.2 Å². The van der Waals surface area contributed by atoms with Crippen LogP contribution in [0.3, 0.4) is 0 Å². The molecule has 0 rings (SSSR count). The average molecular weight is 994 g/mol. The van der Waals surface area contributed by atoms with Gasteiger partial charge in [0.05, 0.1) is 34.4 Å². The summed E-state index contributed by atoms with van der Waals surface area (Å²) in [6.07, 6.45) is 67.9. The SMILES string of the molecule is CC/C=C\C/C=C\C/C=C\C/C=C\C/C=C\C/C=C\C/C=C\C/C=C\CCCCCCCCCCCCCCC(=O)OC(COC(=O)CCCCCCCCCCC)COC(OCC[N+](C)(C)C)C(=O)O. The summed E-state index contributed by atoms with van der Waals surface area (Å²) in [5.41, 5.74) is 0. The number of carbonyl (C=O) groups excluding carboxylic acids is 2. The van der Waals surface area contributed by atoms with Gasteiger partial charge in [0.15, 0.2) is 6.10 Å². The number of carboxylic acids is 1. The summed E-state index contributed by atoms with van der Waals surface area (Å²) >= 11 is 0. The predicted molar refractivity (Wildman–Crippen MR) is 299 cm³/mol. The average Bonchev–Trinajstić information content (AvgIpc) is 3.34. The topological polar surface area (TPSA) is 108 Å². The Morgan fingerprint density at radius 1 is 0.437 bits per heavy atom. The highest BCUT2D eigenvalue weighted by atomic mass is 16.7. The van der Waals surface area contributed by atoms with Crippen molar-refractivity contribution in [1.29, 1.82) is 0 Å². The molecule has 0 aliphatic rings. The lowest BCUT2D eigenvalue weighted by Crippen LogP contribution is -2.40. The molecule has 0 aromatic rings. The molecule has 0 saturated carbocycles. The molecule has 0 aliphatic carbocycles. The molecule has 0 aliphatic heterocycles. The van der Waals surface area contributed by atoms with E-state index in [-0.39, 0.29) is 32.2 Å². The third-order valence-corrected chi connectivity index (χ3v) is 11.9. The lowest BCUT2D eigenvalue weighted by Gasteiger charge is -2.25. The Hall–Kier alpha value is -3.79. The van der Waals surface area contributed by atoms with Crippen LogP contribution in [0.2, 0.25) is 0 Å². The zero-order chi connectivity index (χ0) is 52.0. The Labute approximate surface area is 435 Å². The molecule has 9 nitrogen and oxygen atoms in total. The smallest absolute Gasteiger partial charge is 0.361 e. The van der Waals surface area contributed by atoms with E-state index < -0.39 is 24.3 Å². The summed E-state index contributed by atoms with van der Waals surface area (Å²) in [6, 6.07) is 0. The molecular formula is C62H106NO8+. The molecular weight excluding hydrogens is 887 g/mol. The third kappa shape index (κ3) is 53.8. The summed E-state index contributed by atoms with van der Waals surface area (Å²) in [4.78, 5) is 37.2. The van der Waals surface area contributed by atoms with Crippen molar-refractivity contribution in [3.63, 3.8) is 0 Å². The number of aliphatic carboxylic acids is 1. The normalized spacial score (nSPS) is 13.5. The van der Waals surface area contributed by atoms with Crippen molar-refractivity contribution in [3.8, 4) is 0 Å². The zero-order valence-corrected chi connectivity index (χ0v) is 46.1. The fourth-order valence-corrected chi connectivity index (χ4v) is 7.50. The number of allylic oxidation sites excluding steroid dienone is 16. The first-order valence-electron chi connectivity index (χ1n) is 28.4. The van der Waals surface area contributed by atoms with Crippen molar-refractivity contribution in [1.82, 2.24) is 0 Å². The molecule has 0 radical (unpaired) electrons. The van der Waals surface area contributed by atoms with Crippen molar-refractivity contribution in [2.24, 2.45) is 0 Å². The van der Waals surface area contributed by atoms with Gasteiger partial charge in [-0.3, -0.25) is 9.59 Å². The maximum absolute atomic E-state index is 12.8. The molecule has 0 heterocycles. The van der Waals surface area contributed by atoms with Gasteiger partial charge in [0, 0.05) is 12.8 Å². The molecule has 0 saturated heterocycles. The van der Waals surface area contributed by atoms with E-state index in [0.29, 0.717) is 23.9 Å². The molecule has 71 heavy (non-hydrogen) atoms. The number of carbonyl (C=O) groups is 3. The van der Waals surface area contributed by atoms with Gasteiger partial charge in [-0.15, -0.1) is 0 Å². The number of unbranched alkanes of at least 4 members (excludes halogenated alkanes) is 20. The summed E-state index contributed by atoms with van der Waals surface area (Å²) in [7, 11) is 5.95. The standard InChI is InChI=1S/C62H105NO8/c1-6-8-10-12-14-16-17-18-19-20-21-22-23-24-25-26-27-28-29-30-31-32-33-34-35-36-37-38-39-40-41-42-43-45-47-49-51-53-60(65)71-58(57-70-62(61(66)67)68-55-54-63(3,4)5)56-69-59(64)52-50-48-46-44-15-13-11-9-7-2/h8,10,14,16,18-19,21-22,24-25,27-28,30-31,33-34,58,62H,6-7,9,11-13,15,17,20,23,26,29,32,35-57H2,1-5H3/p+1/b10-8-,16-14-,19-18-,22-21-,25-24-,28-27-,31-30-,34-33-. The van der Waals surface area contributed by atoms with E-state index >= 15 is 0 Å². The summed E-state index contributed by atoms with van der Waals surface area (Å²) in [6.45, 7) is 4.73. The van der Waals surface area contributed by atoms with Crippen molar-refractivity contribution >= 4 is 17.9 Å². The van der Waals surface area contributed by atoms with Crippen LogP contribution in [0.1, 0.15) is 219 Å². The van der Waals surface area contributed by atoms with Crippen molar-refractivity contribution in [2.45, 2.75) is 232 Å². The van der Waals surface area contributed by atoms with Gasteiger partial charge in [0.25, 0.3) is 6.29 Å². The molecule has 0 bridgehead atoms. The first-order valence-corrected chi connectivity index (χ1v) is 28.4. The number of rotatable bonds is 51. The van der Waals surface area contributed by atoms with E-state index in [2.05, 4.69) is 111 Å². The second-order valence-electron chi connectivity index (χ2n) is 19.9. The van der Waals surface area contributed by atoms with E-state index in [1.807, 2.05) is 21.1 Å². The minimum absolute atomic E-state index is 0.184. The molecule has 0 aromatic carbocycles. The van der Waals surface area contributed by atoms with Gasteiger partial charge >= 0.3 is 17.9 Å². The van der Waals surface area contributed by atoms with Gasteiger partial charge < -0.3 is 28.5 Å². The number of nitrogens with zero attached hydrogens (tertiary/aromatic N) is 1. The Morgan fingerprint density at radius 2 is 0.803 bits per heavy atom. The molecule has 406 valence electrons. The van der Waals surface area contributed by atoms with E-state index in [1.54, 1.807) is 0 Å². The van der Waals surface area contributed by atoms with Crippen molar-refractivity contribution in [2.75, 3.05) is 47.5 Å². The highest BCUT2D eigenvalue weighted by molar-refractivity contribution is 5.71. The van der Waals surface area contributed by atoms with E-state index in [4.69, 9.17) is 18.9 Å². The Morgan fingerprint density at radius 3 is 1.20 bits per heavy atom. The Kier molecular flexibility index (Phi) is 49.7. The molecule has 1 N–H and O–H groups in total. The highest BCUT2D eigenvalue weighted by Crippen LogP contribution is 2.15. The quantitative estimate of drug-likeness (QED) is 0.0211. The maximum Gasteiger partial charge on any atom is 0.361 e. The minimum atomic E-state index is -1.51. The summed E-state index contributed by atoms with van der Waals surface area (Å²) < 4.78 is 22.8. The monoisotopic (exact) mass is 993 g/mol. The molecule has 0 fully saturated rings. The van der Waals surface area contributed by atoms with Crippen LogP contribution in [0.15, 0.2) is 97.2 Å². The van der Waals surface area contributed by atoms with E-state index in [0.717, 1.165) is 89.9 Å². The minimum Gasteiger partial charge on any atom is -0.477 e.